The van der Waals surface area contributed by atoms with Gasteiger partial charge >= 0.3 is 5.97 Å². The molecule has 1 heterocycles. The van der Waals surface area contributed by atoms with Crippen molar-refractivity contribution in [3.05, 3.63) is 48.0 Å². The van der Waals surface area contributed by atoms with Gasteiger partial charge in [-0.25, -0.2) is 13.2 Å². The molecule has 1 N–H and O–H groups in total. The van der Waals surface area contributed by atoms with Crippen LogP contribution in [0.25, 0.3) is 0 Å². The lowest BCUT2D eigenvalue weighted by molar-refractivity contribution is 0.0600. The Bertz CT molecular complexity index is 950. The summed E-state index contributed by atoms with van der Waals surface area (Å²) in [5.41, 5.74) is 1.21. The Balaban J connectivity index is 2.01. The number of nitrogens with zero attached hydrogens (tertiary/aromatic N) is 1. The lowest BCUT2D eigenvalue weighted by atomic mass is 10.2. The summed E-state index contributed by atoms with van der Waals surface area (Å²) in [6.07, 6.45) is 4.26. The highest BCUT2D eigenvalue weighted by Crippen LogP contribution is 2.31. The molecule has 29 heavy (non-hydrogen) atoms. The van der Waals surface area contributed by atoms with Crippen molar-refractivity contribution in [2.45, 2.75) is 30.6 Å². The van der Waals surface area contributed by atoms with E-state index in [-0.39, 0.29) is 10.5 Å². The van der Waals surface area contributed by atoms with E-state index in [1.54, 1.807) is 43.5 Å². The van der Waals surface area contributed by atoms with Gasteiger partial charge in [0.05, 0.1) is 25.5 Å². The Morgan fingerprint density at radius 3 is 2.21 bits per heavy atom. The first kappa shape index (κ1) is 21.0. The Hall–Kier alpha value is -2.74. The van der Waals surface area contributed by atoms with Crippen LogP contribution in [0, 0.1) is 0 Å². The minimum Gasteiger partial charge on any atom is -0.497 e. The zero-order chi connectivity index (χ0) is 20.9. The van der Waals surface area contributed by atoms with Crippen molar-refractivity contribution in [1.29, 1.82) is 0 Å². The maximum Gasteiger partial charge on any atom is 0.337 e. The quantitative estimate of drug-likeness (QED) is 0.721. The van der Waals surface area contributed by atoms with Crippen LogP contribution in [0.15, 0.2) is 47.4 Å². The van der Waals surface area contributed by atoms with Crippen molar-refractivity contribution >= 4 is 27.4 Å². The lowest BCUT2D eigenvalue weighted by Gasteiger charge is -2.25. The maximum atomic E-state index is 13.2. The monoisotopic (exact) mass is 418 g/mol. The van der Waals surface area contributed by atoms with Gasteiger partial charge in [-0.2, -0.15) is 0 Å². The number of nitrogens with one attached hydrogen (secondary N) is 1. The van der Waals surface area contributed by atoms with E-state index in [0.29, 0.717) is 17.1 Å². The first-order valence-corrected chi connectivity index (χ1v) is 11.1. The standard InChI is InChI=1S/C21H26N2O5S/c1-27-18-10-8-17(9-11-18)22-29(25,26)20-15-16(21(24)28-2)7-12-19(20)23-13-5-3-4-6-14-23/h7-12,15,22H,3-6,13-14H2,1-2H3. The fourth-order valence-corrected chi connectivity index (χ4v) is 4.73. The average molecular weight is 419 g/mol. The van der Waals surface area contributed by atoms with Crippen LogP contribution in [-0.2, 0) is 14.8 Å². The zero-order valence-corrected chi connectivity index (χ0v) is 17.5. The van der Waals surface area contributed by atoms with E-state index >= 15 is 0 Å². The molecule has 0 aromatic heterocycles. The molecule has 1 saturated heterocycles. The predicted octanol–water partition coefficient (Wildman–Crippen LogP) is 3.66. The van der Waals surface area contributed by atoms with E-state index < -0.39 is 16.0 Å². The molecule has 0 bridgehead atoms. The van der Waals surface area contributed by atoms with Gasteiger partial charge in [-0.1, -0.05) is 12.8 Å². The average Bonchev–Trinajstić information content (AvgIpc) is 3.02. The van der Waals surface area contributed by atoms with Gasteiger partial charge in [0.2, 0.25) is 0 Å². The number of carbonyl (C=O) groups excluding carboxylic acids is 1. The molecule has 3 rings (SSSR count). The van der Waals surface area contributed by atoms with E-state index in [0.717, 1.165) is 38.8 Å². The molecule has 156 valence electrons. The van der Waals surface area contributed by atoms with E-state index in [1.165, 1.54) is 13.2 Å². The maximum absolute atomic E-state index is 13.2. The van der Waals surface area contributed by atoms with Crippen LogP contribution in [0.1, 0.15) is 36.0 Å². The van der Waals surface area contributed by atoms with Crippen molar-refractivity contribution in [3.8, 4) is 5.75 Å². The summed E-state index contributed by atoms with van der Waals surface area (Å²) in [6.45, 7) is 1.56. The van der Waals surface area contributed by atoms with Crippen molar-refractivity contribution in [2.24, 2.45) is 0 Å². The Labute approximate surface area is 171 Å². The van der Waals surface area contributed by atoms with Gasteiger partial charge in [0, 0.05) is 18.8 Å². The van der Waals surface area contributed by atoms with E-state index in [2.05, 4.69) is 9.62 Å². The first-order chi connectivity index (χ1) is 13.9. The van der Waals surface area contributed by atoms with Gasteiger partial charge < -0.3 is 14.4 Å². The number of rotatable bonds is 6. The molecule has 0 amide bonds. The van der Waals surface area contributed by atoms with Crippen LogP contribution in [0.5, 0.6) is 5.75 Å². The number of sulfonamides is 1. The summed E-state index contributed by atoms with van der Waals surface area (Å²) in [7, 11) is -1.11. The fraction of sp³-hybridized carbons (Fsp3) is 0.381. The minimum absolute atomic E-state index is 0.0677. The van der Waals surface area contributed by atoms with Gasteiger partial charge in [0.15, 0.2) is 0 Å². The van der Waals surface area contributed by atoms with E-state index in [4.69, 9.17) is 9.47 Å². The Morgan fingerprint density at radius 1 is 0.966 bits per heavy atom. The summed E-state index contributed by atoms with van der Waals surface area (Å²) >= 11 is 0. The normalized spacial score (nSPS) is 14.8. The second kappa shape index (κ2) is 9.17. The molecule has 0 aliphatic carbocycles. The number of esters is 1. The second-order valence-corrected chi connectivity index (χ2v) is 8.56. The van der Waals surface area contributed by atoms with Crippen LogP contribution in [0.3, 0.4) is 0 Å². The number of anilines is 2. The number of benzene rings is 2. The molecule has 0 spiro atoms. The van der Waals surface area contributed by atoms with Crippen molar-refractivity contribution in [2.75, 3.05) is 36.9 Å². The molecular formula is C21H26N2O5S. The van der Waals surface area contributed by atoms with Gasteiger partial charge in [-0.15, -0.1) is 0 Å². The Kier molecular flexibility index (Phi) is 6.64. The highest BCUT2D eigenvalue weighted by Gasteiger charge is 2.25. The third-order valence-corrected chi connectivity index (χ3v) is 6.37. The van der Waals surface area contributed by atoms with Crippen molar-refractivity contribution in [3.63, 3.8) is 0 Å². The molecule has 1 aliphatic heterocycles. The fourth-order valence-electron chi connectivity index (χ4n) is 3.42. The summed E-state index contributed by atoms with van der Waals surface area (Å²) < 4.78 is 39.0. The minimum atomic E-state index is -3.93. The molecule has 2 aromatic rings. The van der Waals surface area contributed by atoms with Gasteiger partial charge in [0.25, 0.3) is 10.0 Å². The molecular weight excluding hydrogens is 392 g/mol. The smallest absolute Gasteiger partial charge is 0.337 e. The SMILES string of the molecule is COC(=O)c1ccc(N2CCCCCC2)c(S(=O)(=O)Nc2ccc(OC)cc2)c1. The number of ether oxygens (including phenoxy) is 2. The van der Waals surface area contributed by atoms with E-state index in [1.807, 2.05) is 0 Å². The molecule has 0 atom stereocenters. The number of hydrogen-bond donors (Lipinski definition) is 1. The van der Waals surface area contributed by atoms with Crippen LogP contribution < -0.4 is 14.4 Å². The summed E-state index contributed by atoms with van der Waals surface area (Å²) in [4.78, 5) is 14.1. The third-order valence-electron chi connectivity index (χ3n) is 4.96. The van der Waals surface area contributed by atoms with Crippen molar-refractivity contribution in [1.82, 2.24) is 0 Å². The van der Waals surface area contributed by atoms with Gasteiger partial charge in [-0.05, 0) is 55.3 Å². The number of carbonyl (C=O) groups is 1. The van der Waals surface area contributed by atoms with Gasteiger partial charge in [0.1, 0.15) is 10.6 Å². The molecule has 1 aliphatic rings. The van der Waals surface area contributed by atoms with Crippen LogP contribution in [0.4, 0.5) is 11.4 Å². The molecule has 1 fully saturated rings. The largest absolute Gasteiger partial charge is 0.497 e. The Morgan fingerprint density at radius 2 is 1.62 bits per heavy atom. The van der Waals surface area contributed by atoms with Crippen molar-refractivity contribution < 1.29 is 22.7 Å². The summed E-state index contributed by atoms with van der Waals surface area (Å²) in [5.74, 6) is 0.0548. The summed E-state index contributed by atoms with van der Waals surface area (Å²) in [6, 6.07) is 11.3. The zero-order valence-electron chi connectivity index (χ0n) is 16.7. The topological polar surface area (TPSA) is 84.9 Å². The second-order valence-electron chi connectivity index (χ2n) is 6.91. The predicted molar refractivity (Wildman–Crippen MR) is 112 cm³/mol. The number of methoxy groups -OCH3 is 2. The molecule has 0 radical (unpaired) electrons. The van der Waals surface area contributed by atoms with Gasteiger partial charge in [-0.3, -0.25) is 4.72 Å². The summed E-state index contributed by atoms with van der Waals surface area (Å²) in [5, 5.41) is 0. The lowest BCUT2D eigenvalue weighted by Crippen LogP contribution is -2.27. The molecule has 8 heteroatoms. The first-order valence-electron chi connectivity index (χ1n) is 9.59. The molecule has 7 nitrogen and oxygen atoms in total. The number of hydrogen-bond acceptors (Lipinski definition) is 6. The third kappa shape index (κ3) is 5.00. The van der Waals surface area contributed by atoms with E-state index in [9.17, 15) is 13.2 Å². The highest BCUT2D eigenvalue weighted by atomic mass is 32.2. The molecule has 2 aromatic carbocycles. The van der Waals surface area contributed by atoms with Crippen LogP contribution >= 0.6 is 0 Å². The van der Waals surface area contributed by atoms with Crippen LogP contribution in [0.2, 0.25) is 0 Å². The van der Waals surface area contributed by atoms with Crippen LogP contribution in [-0.4, -0.2) is 41.7 Å². The molecule has 0 unspecified atom stereocenters. The molecule has 0 saturated carbocycles. The highest BCUT2D eigenvalue weighted by molar-refractivity contribution is 7.92.